The molecular weight excluding hydrogens is 356 g/mol. The fraction of sp³-hybridized carbons (Fsp3) is 0.222. The van der Waals surface area contributed by atoms with Crippen LogP contribution in [0.5, 0.6) is 0 Å². The van der Waals surface area contributed by atoms with E-state index in [9.17, 15) is 9.59 Å². The van der Waals surface area contributed by atoms with Gasteiger partial charge in [-0.3, -0.25) is 9.59 Å². The average Bonchev–Trinajstić information content (AvgIpc) is 2.52. The van der Waals surface area contributed by atoms with E-state index >= 15 is 0 Å². The minimum atomic E-state index is -0.0877. The summed E-state index contributed by atoms with van der Waals surface area (Å²) in [6.45, 7) is 0. The maximum absolute atomic E-state index is 12.1. The minimum absolute atomic E-state index is 0.0700. The van der Waals surface area contributed by atoms with Gasteiger partial charge in [0.05, 0.1) is 0 Å². The second-order valence-corrected chi connectivity index (χ2v) is 6.37. The van der Waals surface area contributed by atoms with Crippen molar-refractivity contribution in [2.45, 2.75) is 12.8 Å². The van der Waals surface area contributed by atoms with E-state index in [4.69, 9.17) is 0 Å². The van der Waals surface area contributed by atoms with Gasteiger partial charge in [-0.1, -0.05) is 34.1 Å². The Morgan fingerprint density at radius 2 is 1.83 bits per heavy atom. The van der Waals surface area contributed by atoms with Gasteiger partial charge in [0.25, 0.3) is 5.91 Å². The highest BCUT2D eigenvalue weighted by molar-refractivity contribution is 9.10. The number of nitrogens with zero attached hydrogens (tertiary/aromatic N) is 1. The first-order valence-corrected chi connectivity index (χ1v) is 8.11. The summed E-state index contributed by atoms with van der Waals surface area (Å²) in [7, 11) is 3.40. The van der Waals surface area contributed by atoms with E-state index in [1.807, 2.05) is 24.3 Å². The Kier molecular flexibility index (Phi) is 5.93. The van der Waals surface area contributed by atoms with Crippen molar-refractivity contribution in [3.05, 3.63) is 64.1 Å². The number of carbonyl (C=O) groups excluding carboxylic acids is 2. The average molecular weight is 375 g/mol. The van der Waals surface area contributed by atoms with E-state index in [1.165, 1.54) is 4.90 Å². The molecule has 0 bridgehead atoms. The lowest BCUT2D eigenvalue weighted by molar-refractivity contribution is -0.116. The third-order valence-electron chi connectivity index (χ3n) is 3.33. The molecular formula is C18H19BrN2O2. The highest BCUT2D eigenvalue weighted by atomic mass is 79.9. The summed E-state index contributed by atoms with van der Waals surface area (Å²) < 4.78 is 1.00. The third-order valence-corrected chi connectivity index (χ3v) is 3.82. The van der Waals surface area contributed by atoms with Crippen LogP contribution >= 0.6 is 15.9 Å². The van der Waals surface area contributed by atoms with Gasteiger partial charge in [0.1, 0.15) is 0 Å². The molecule has 2 amide bonds. The number of halogens is 1. The molecule has 0 fully saturated rings. The van der Waals surface area contributed by atoms with Crippen LogP contribution in [0.1, 0.15) is 22.3 Å². The van der Waals surface area contributed by atoms with Crippen LogP contribution in [0.3, 0.4) is 0 Å². The molecule has 0 heterocycles. The number of nitrogens with one attached hydrogen (secondary N) is 1. The smallest absolute Gasteiger partial charge is 0.253 e. The Morgan fingerprint density at radius 1 is 1.09 bits per heavy atom. The van der Waals surface area contributed by atoms with Crippen LogP contribution in [0.15, 0.2) is 53.0 Å². The predicted molar refractivity (Wildman–Crippen MR) is 95.6 cm³/mol. The van der Waals surface area contributed by atoms with Gasteiger partial charge in [-0.2, -0.15) is 0 Å². The van der Waals surface area contributed by atoms with Crippen molar-refractivity contribution in [2.24, 2.45) is 0 Å². The molecule has 0 spiro atoms. The van der Waals surface area contributed by atoms with Crippen LogP contribution in [-0.4, -0.2) is 30.8 Å². The molecule has 120 valence electrons. The molecule has 0 unspecified atom stereocenters. The SMILES string of the molecule is CN(C)C(=O)c1cccc(NC(=O)CCc2cccc(Br)c2)c1. The summed E-state index contributed by atoms with van der Waals surface area (Å²) in [5, 5.41) is 2.84. The van der Waals surface area contributed by atoms with Gasteiger partial charge in [0.2, 0.25) is 5.91 Å². The van der Waals surface area contributed by atoms with Gasteiger partial charge >= 0.3 is 0 Å². The number of anilines is 1. The zero-order valence-corrected chi connectivity index (χ0v) is 14.8. The van der Waals surface area contributed by atoms with Crippen LogP contribution in [0.4, 0.5) is 5.69 Å². The van der Waals surface area contributed by atoms with Gasteiger partial charge in [-0.05, 0) is 42.3 Å². The van der Waals surface area contributed by atoms with Crippen molar-refractivity contribution in [1.29, 1.82) is 0 Å². The number of hydrogen-bond acceptors (Lipinski definition) is 2. The van der Waals surface area contributed by atoms with Crippen molar-refractivity contribution in [3.8, 4) is 0 Å². The summed E-state index contributed by atoms with van der Waals surface area (Å²) in [4.78, 5) is 25.5. The molecule has 0 aliphatic rings. The molecule has 1 N–H and O–H groups in total. The summed E-state index contributed by atoms with van der Waals surface area (Å²) >= 11 is 3.42. The molecule has 0 saturated heterocycles. The first-order valence-electron chi connectivity index (χ1n) is 7.32. The Morgan fingerprint density at radius 3 is 2.52 bits per heavy atom. The van der Waals surface area contributed by atoms with Crippen LogP contribution < -0.4 is 5.32 Å². The van der Waals surface area contributed by atoms with E-state index in [0.717, 1.165) is 10.0 Å². The summed E-state index contributed by atoms with van der Waals surface area (Å²) in [6, 6.07) is 14.9. The standard InChI is InChI=1S/C18H19BrN2O2/c1-21(2)18(23)14-6-4-8-16(12-14)20-17(22)10-9-13-5-3-7-15(19)11-13/h3-8,11-12H,9-10H2,1-2H3,(H,20,22). The van der Waals surface area contributed by atoms with Crippen molar-refractivity contribution in [1.82, 2.24) is 4.90 Å². The highest BCUT2D eigenvalue weighted by Crippen LogP contribution is 2.15. The number of amides is 2. The Balaban J connectivity index is 1.95. The van der Waals surface area contributed by atoms with E-state index in [-0.39, 0.29) is 11.8 Å². The zero-order valence-electron chi connectivity index (χ0n) is 13.2. The number of carbonyl (C=O) groups is 2. The van der Waals surface area contributed by atoms with Crippen LogP contribution in [0, 0.1) is 0 Å². The molecule has 2 rings (SSSR count). The second kappa shape index (κ2) is 7.92. The van der Waals surface area contributed by atoms with E-state index in [1.54, 1.807) is 38.4 Å². The number of aryl methyl sites for hydroxylation is 1. The number of hydrogen-bond donors (Lipinski definition) is 1. The molecule has 0 atom stereocenters. The largest absolute Gasteiger partial charge is 0.345 e. The van der Waals surface area contributed by atoms with Gasteiger partial charge in [-0.15, -0.1) is 0 Å². The molecule has 0 radical (unpaired) electrons. The third kappa shape index (κ3) is 5.21. The second-order valence-electron chi connectivity index (χ2n) is 5.46. The number of benzene rings is 2. The summed E-state index contributed by atoms with van der Waals surface area (Å²) in [6.07, 6.45) is 1.06. The van der Waals surface area contributed by atoms with Crippen LogP contribution in [0.2, 0.25) is 0 Å². The van der Waals surface area contributed by atoms with Crippen molar-refractivity contribution >= 4 is 33.4 Å². The fourth-order valence-electron chi connectivity index (χ4n) is 2.16. The fourth-order valence-corrected chi connectivity index (χ4v) is 2.61. The number of rotatable bonds is 5. The van der Waals surface area contributed by atoms with Crippen molar-refractivity contribution < 1.29 is 9.59 Å². The lowest BCUT2D eigenvalue weighted by Crippen LogP contribution is -2.22. The predicted octanol–water partition coefficient (Wildman–Crippen LogP) is 3.72. The monoisotopic (exact) mass is 374 g/mol. The molecule has 0 aliphatic carbocycles. The molecule has 0 aromatic heterocycles. The topological polar surface area (TPSA) is 49.4 Å². The first kappa shape index (κ1) is 17.2. The zero-order chi connectivity index (χ0) is 16.8. The normalized spacial score (nSPS) is 10.2. The summed E-state index contributed by atoms with van der Waals surface area (Å²) in [5.74, 6) is -0.158. The lowest BCUT2D eigenvalue weighted by atomic mass is 10.1. The van der Waals surface area contributed by atoms with Gasteiger partial charge in [0, 0.05) is 36.2 Å². The van der Waals surface area contributed by atoms with Crippen molar-refractivity contribution in [3.63, 3.8) is 0 Å². The van der Waals surface area contributed by atoms with E-state index < -0.39 is 0 Å². The van der Waals surface area contributed by atoms with Crippen LogP contribution in [-0.2, 0) is 11.2 Å². The maximum atomic E-state index is 12.1. The quantitative estimate of drug-likeness (QED) is 0.866. The van der Waals surface area contributed by atoms with E-state index in [0.29, 0.717) is 24.1 Å². The van der Waals surface area contributed by atoms with Crippen LogP contribution in [0.25, 0.3) is 0 Å². The molecule has 2 aromatic carbocycles. The highest BCUT2D eigenvalue weighted by Gasteiger charge is 2.09. The van der Waals surface area contributed by atoms with Gasteiger partial charge < -0.3 is 10.2 Å². The molecule has 5 heteroatoms. The molecule has 0 aliphatic heterocycles. The molecule has 23 heavy (non-hydrogen) atoms. The molecule has 2 aromatic rings. The Hall–Kier alpha value is -2.14. The maximum Gasteiger partial charge on any atom is 0.253 e. The lowest BCUT2D eigenvalue weighted by Gasteiger charge is -2.11. The van der Waals surface area contributed by atoms with Gasteiger partial charge in [0.15, 0.2) is 0 Å². The summed E-state index contributed by atoms with van der Waals surface area (Å²) in [5.41, 5.74) is 2.29. The molecule has 0 saturated carbocycles. The van der Waals surface area contributed by atoms with E-state index in [2.05, 4.69) is 21.2 Å². The Bertz CT molecular complexity index is 714. The van der Waals surface area contributed by atoms with Crippen molar-refractivity contribution in [2.75, 3.05) is 19.4 Å². The van der Waals surface area contributed by atoms with Gasteiger partial charge in [-0.25, -0.2) is 0 Å². The first-order chi connectivity index (χ1) is 11.0. The molecule has 4 nitrogen and oxygen atoms in total. The minimum Gasteiger partial charge on any atom is -0.345 e. The Labute approximate surface area is 144 Å².